The first-order valence-electron chi connectivity index (χ1n) is 8.38. The highest BCUT2D eigenvalue weighted by Crippen LogP contribution is 2.30. The molecular weight excluding hydrogens is 344 g/mol. The van der Waals surface area contributed by atoms with E-state index in [1.165, 1.54) is 20.3 Å². The van der Waals surface area contributed by atoms with Crippen LogP contribution in [-0.2, 0) is 11.2 Å². The molecule has 27 heavy (non-hydrogen) atoms. The summed E-state index contributed by atoms with van der Waals surface area (Å²) in [5.74, 6) is 1.11. The molecule has 1 N–H and O–H groups in total. The summed E-state index contributed by atoms with van der Waals surface area (Å²) in [6.07, 6.45) is 2.36. The molecule has 2 rings (SSSR count). The van der Waals surface area contributed by atoms with Gasteiger partial charge in [0, 0.05) is 17.3 Å². The van der Waals surface area contributed by atoms with E-state index in [0.29, 0.717) is 28.5 Å². The van der Waals surface area contributed by atoms with Gasteiger partial charge in [-0.25, -0.2) is 0 Å². The lowest BCUT2D eigenvalue weighted by molar-refractivity contribution is -0.112. The Morgan fingerprint density at radius 1 is 1.04 bits per heavy atom. The zero-order valence-corrected chi connectivity index (χ0v) is 15.8. The van der Waals surface area contributed by atoms with Crippen LogP contribution in [0.2, 0.25) is 0 Å². The lowest BCUT2D eigenvalue weighted by Crippen LogP contribution is -2.13. The highest BCUT2D eigenvalue weighted by molar-refractivity contribution is 6.10. The molecule has 6 heteroatoms. The maximum atomic E-state index is 12.5. The Hall–Kier alpha value is -3.46. The molecule has 0 aliphatic rings. The van der Waals surface area contributed by atoms with Crippen LogP contribution in [0.3, 0.4) is 0 Å². The minimum atomic E-state index is -0.520. The van der Waals surface area contributed by atoms with Gasteiger partial charge in [0.05, 0.1) is 21.3 Å². The van der Waals surface area contributed by atoms with Gasteiger partial charge in [-0.15, -0.1) is 0 Å². The van der Waals surface area contributed by atoms with Crippen molar-refractivity contribution in [3.63, 3.8) is 0 Å². The Morgan fingerprint density at radius 3 is 2.30 bits per heavy atom. The SMILES string of the molecule is CCc1ccc(OC)c(/C=C(\C#N)C(=O)Nc2ccc(OC)c(OC)c2)c1. The van der Waals surface area contributed by atoms with Gasteiger partial charge < -0.3 is 19.5 Å². The predicted octanol–water partition coefficient (Wildman–Crippen LogP) is 3.82. The fourth-order valence-corrected chi connectivity index (χ4v) is 2.53. The number of carbonyl (C=O) groups excluding carboxylic acids is 1. The highest BCUT2D eigenvalue weighted by atomic mass is 16.5. The standard InChI is InChI=1S/C21H22N2O4/c1-5-14-6-8-18(25-2)15(10-14)11-16(13-22)21(24)23-17-7-9-19(26-3)20(12-17)27-4/h6-12H,5H2,1-4H3,(H,23,24)/b16-11+. The van der Waals surface area contributed by atoms with Gasteiger partial charge in [0.15, 0.2) is 11.5 Å². The summed E-state index contributed by atoms with van der Waals surface area (Å²) in [5.41, 5.74) is 2.22. The molecule has 0 saturated heterocycles. The van der Waals surface area contributed by atoms with Gasteiger partial charge in [-0.05, 0) is 42.3 Å². The number of aryl methyl sites for hydroxylation is 1. The predicted molar refractivity (Wildman–Crippen MR) is 104 cm³/mol. The normalized spacial score (nSPS) is 10.7. The first kappa shape index (κ1) is 19.9. The quantitative estimate of drug-likeness (QED) is 0.595. The molecule has 0 saturated carbocycles. The van der Waals surface area contributed by atoms with Crippen molar-refractivity contribution >= 4 is 17.7 Å². The van der Waals surface area contributed by atoms with Crippen molar-refractivity contribution in [2.45, 2.75) is 13.3 Å². The zero-order valence-electron chi connectivity index (χ0n) is 15.8. The van der Waals surface area contributed by atoms with Crippen LogP contribution in [0, 0.1) is 11.3 Å². The van der Waals surface area contributed by atoms with E-state index in [1.54, 1.807) is 25.3 Å². The summed E-state index contributed by atoms with van der Waals surface area (Å²) in [7, 11) is 4.59. The lowest BCUT2D eigenvalue weighted by atomic mass is 10.0. The largest absolute Gasteiger partial charge is 0.496 e. The van der Waals surface area contributed by atoms with Gasteiger partial charge in [-0.3, -0.25) is 4.79 Å². The monoisotopic (exact) mass is 366 g/mol. The van der Waals surface area contributed by atoms with Crippen LogP contribution in [0.25, 0.3) is 6.08 Å². The van der Waals surface area contributed by atoms with E-state index in [4.69, 9.17) is 14.2 Å². The Bertz CT molecular complexity index is 898. The maximum Gasteiger partial charge on any atom is 0.266 e. The molecule has 0 spiro atoms. The number of carbonyl (C=O) groups is 1. The summed E-state index contributed by atoms with van der Waals surface area (Å²) >= 11 is 0. The van der Waals surface area contributed by atoms with E-state index >= 15 is 0 Å². The Morgan fingerprint density at radius 2 is 1.70 bits per heavy atom. The summed E-state index contributed by atoms with van der Waals surface area (Å²) in [6.45, 7) is 2.03. The van der Waals surface area contributed by atoms with Crippen molar-refractivity contribution in [2.75, 3.05) is 26.6 Å². The van der Waals surface area contributed by atoms with Crippen LogP contribution >= 0.6 is 0 Å². The molecule has 0 fully saturated rings. The summed E-state index contributed by atoms with van der Waals surface area (Å²) in [6, 6.07) is 12.6. The van der Waals surface area contributed by atoms with Crippen LogP contribution in [0.5, 0.6) is 17.2 Å². The second-order valence-corrected chi connectivity index (χ2v) is 5.62. The Kier molecular flexibility index (Phi) is 6.84. The van der Waals surface area contributed by atoms with Crippen LogP contribution in [0.15, 0.2) is 42.0 Å². The van der Waals surface area contributed by atoms with E-state index in [9.17, 15) is 10.1 Å². The van der Waals surface area contributed by atoms with Gasteiger partial charge in [0.2, 0.25) is 0 Å². The summed E-state index contributed by atoms with van der Waals surface area (Å²) in [5, 5.41) is 12.1. The molecule has 6 nitrogen and oxygen atoms in total. The number of benzene rings is 2. The van der Waals surface area contributed by atoms with E-state index in [-0.39, 0.29) is 5.57 Å². The molecule has 0 atom stereocenters. The van der Waals surface area contributed by atoms with E-state index in [0.717, 1.165) is 12.0 Å². The number of methoxy groups -OCH3 is 3. The third kappa shape index (κ3) is 4.79. The number of hydrogen-bond acceptors (Lipinski definition) is 5. The molecule has 0 aliphatic heterocycles. The van der Waals surface area contributed by atoms with Crippen LogP contribution in [0.4, 0.5) is 5.69 Å². The summed E-state index contributed by atoms with van der Waals surface area (Å²) < 4.78 is 15.7. The van der Waals surface area contributed by atoms with Crippen molar-refractivity contribution in [2.24, 2.45) is 0 Å². The molecule has 0 aliphatic carbocycles. The average molecular weight is 366 g/mol. The molecule has 1 amide bonds. The van der Waals surface area contributed by atoms with Gasteiger partial charge in [-0.2, -0.15) is 5.26 Å². The van der Waals surface area contributed by atoms with E-state index in [1.807, 2.05) is 31.2 Å². The number of amides is 1. The second kappa shape index (κ2) is 9.30. The molecule has 0 bridgehead atoms. The summed E-state index contributed by atoms with van der Waals surface area (Å²) in [4.78, 5) is 12.5. The third-order valence-corrected chi connectivity index (χ3v) is 4.01. The molecule has 2 aromatic carbocycles. The van der Waals surface area contributed by atoms with Crippen molar-refractivity contribution < 1.29 is 19.0 Å². The fourth-order valence-electron chi connectivity index (χ4n) is 2.53. The third-order valence-electron chi connectivity index (χ3n) is 4.01. The Balaban J connectivity index is 2.31. The van der Waals surface area contributed by atoms with Gasteiger partial charge in [0.25, 0.3) is 5.91 Å². The second-order valence-electron chi connectivity index (χ2n) is 5.62. The lowest BCUT2D eigenvalue weighted by Gasteiger charge is -2.11. The molecule has 0 radical (unpaired) electrons. The molecule has 0 heterocycles. The number of hydrogen-bond donors (Lipinski definition) is 1. The number of anilines is 1. The smallest absolute Gasteiger partial charge is 0.266 e. The fraction of sp³-hybridized carbons (Fsp3) is 0.238. The number of nitrogens with one attached hydrogen (secondary N) is 1. The number of ether oxygens (including phenoxy) is 3. The van der Waals surface area contributed by atoms with Crippen LogP contribution < -0.4 is 19.5 Å². The van der Waals surface area contributed by atoms with Crippen molar-refractivity contribution in [3.8, 4) is 23.3 Å². The van der Waals surface area contributed by atoms with E-state index < -0.39 is 5.91 Å². The van der Waals surface area contributed by atoms with Crippen molar-refractivity contribution in [1.82, 2.24) is 0 Å². The maximum absolute atomic E-state index is 12.5. The van der Waals surface area contributed by atoms with Crippen LogP contribution in [0.1, 0.15) is 18.1 Å². The van der Waals surface area contributed by atoms with Gasteiger partial charge >= 0.3 is 0 Å². The molecular formula is C21H22N2O4. The van der Waals surface area contributed by atoms with Crippen LogP contribution in [-0.4, -0.2) is 27.2 Å². The van der Waals surface area contributed by atoms with Crippen molar-refractivity contribution in [1.29, 1.82) is 5.26 Å². The highest BCUT2D eigenvalue weighted by Gasteiger charge is 2.13. The molecule has 0 unspecified atom stereocenters. The van der Waals surface area contributed by atoms with E-state index in [2.05, 4.69) is 5.32 Å². The first-order chi connectivity index (χ1) is 13.1. The molecule has 2 aromatic rings. The van der Waals surface area contributed by atoms with Gasteiger partial charge in [-0.1, -0.05) is 13.0 Å². The number of nitriles is 1. The minimum Gasteiger partial charge on any atom is -0.496 e. The first-order valence-corrected chi connectivity index (χ1v) is 8.38. The average Bonchev–Trinajstić information content (AvgIpc) is 2.71. The minimum absolute atomic E-state index is 0.0312. The topological polar surface area (TPSA) is 80.6 Å². The van der Waals surface area contributed by atoms with Crippen molar-refractivity contribution in [3.05, 3.63) is 53.1 Å². The number of rotatable bonds is 7. The zero-order chi connectivity index (χ0) is 19.8. The molecule has 140 valence electrons. The Labute approximate surface area is 159 Å². The van der Waals surface area contributed by atoms with Gasteiger partial charge in [0.1, 0.15) is 17.4 Å². The number of nitrogens with zero attached hydrogens (tertiary/aromatic N) is 1. The molecule has 0 aromatic heterocycles.